The normalized spacial score (nSPS) is 9.95. The molecule has 0 bridgehead atoms. The van der Waals surface area contributed by atoms with E-state index in [9.17, 15) is 14.7 Å². The van der Waals surface area contributed by atoms with Crippen molar-refractivity contribution in [1.29, 1.82) is 0 Å². The number of urea groups is 1. The van der Waals surface area contributed by atoms with Crippen molar-refractivity contribution in [2.24, 2.45) is 0 Å². The summed E-state index contributed by atoms with van der Waals surface area (Å²) in [4.78, 5) is 26.5. The van der Waals surface area contributed by atoms with Gasteiger partial charge >= 0.3 is 12.0 Å². The molecule has 1 aromatic heterocycles. The van der Waals surface area contributed by atoms with Crippen LogP contribution in [0.5, 0.6) is 5.75 Å². The fourth-order valence-electron chi connectivity index (χ4n) is 1.71. The van der Waals surface area contributed by atoms with Crippen molar-refractivity contribution in [3.63, 3.8) is 0 Å². The van der Waals surface area contributed by atoms with Crippen LogP contribution in [0.4, 0.5) is 16.2 Å². The molecule has 2 aromatic rings. The van der Waals surface area contributed by atoms with Crippen molar-refractivity contribution < 1.29 is 19.8 Å². The van der Waals surface area contributed by atoms with Gasteiger partial charge in [-0.15, -0.1) is 0 Å². The van der Waals surface area contributed by atoms with Crippen LogP contribution in [-0.4, -0.2) is 27.2 Å². The van der Waals surface area contributed by atoms with Gasteiger partial charge in [0.2, 0.25) is 0 Å². The lowest BCUT2D eigenvalue weighted by Gasteiger charge is -2.09. The van der Waals surface area contributed by atoms with E-state index in [0.29, 0.717) is 5.69 Å². The summed E-state index contributed by atoms with van der Waals surface area (Å²) in [5.74, 6) is -1.66. The van der Waals surface area contributed by atoms with E-state index in [1.165, 1.54) is 18.3 Å². The van der Waals surface area contributed by atoms with Crippen LogP contribution in [-0.2, 0) is 0 Å². The average molecular weight is 287 g/mol. The standard InChI is InChI=1S/C14H13N3O4/c1-8-4-10(7-15-6-8)17-14(21)16-9-2-3-11(13(19)20)12(18)5-9/h2-7,18H,1H3,(H,19,20)(H2,16,17,21). The molecule has 0 radical (unpaired) electrons. The molecule has 2 rings (SSSR count). The summed E-state index contributed by atoms with van der Waals surface area (Å²) < 4.78 is 0. The van der Waals surface area contributed by atoms with Crippen molar-refractivity contribution in [2.45, 2.75) is 6.92 Å². The van der Waals surface area contributed by atoms with Crippen molar-refractivity contribution in [3.8, 4) is 5.75 Å². The van der Waals surface area contributed by atoms with Crippen LogP contribution in [0.25, 0.3) is 0 Å². The molecule has 4 N–H and O–H groups in total. The Hall–Kier alpha value is -3.09. The average Bonchev–Trinajstić information content (AvgIpc) is 2.38. The van der Waals surface area contributed by atoms with Gasteiger partial charge in [-0.25, -0.2) is 9.59 Å². The van der Waals surface area contributed by atoms with E-state index in [0.717, 1.165) is 11.6 Å². The number of benzene rings is 1. The molecule has 21 heavy (non-hydrogen) atoms. The van der Waals surface area contributed by atoms with Crippen molar-refractivity contribution in [3.05, 3.63) is 47.8 Å². The smallest absolute Gasteiger partial charge is 0.339 e. The molecule has 0 aliphatic rings. The maximum atomic E-state index is 11.8. The van der Waals surface area contributed by atoms with Crippen LogP contribution in [0.2, 0.25) is 0 Å². The van der Waals surface area contributed by atoms with Gasteiger partial charge in [0.05, 0.1) is 11.9 Å². The van der Waals surface area contributed by atoms with Gasteiger partial charge in [-0.2, -0.15) is 0 Å². The number of nitrogens with zero attached hydrogens (tertiary/aromatic N) is 1. The number of hydrogen-bond acceptors (Lipinski definition) is 4. The molecule has 108 valence electrons. The Morgan fingerprint density at radius 3 is 2.43 bits per heavy atom. The van der Waals surface area contributed by atoms with Crippen LogP contribution in [0.1, 0.15) is 15.9 Å². The highest BCUT2D eigenvalue weighted by molar-refractivity contribution is 6.00. The molecule has 0 aliphatic heterocycles. The first kappa shape index (κ1) is 14.3. The molecule has 2 amide bonds. The van der Waals surface area contributed by atoms with Gasteiger partial charge in [0.15, 0.2) is 0 Å². The number of rotatable bonds is 3. The maximum absolute atomic E-state index is 11.8. The Balaban J connectivity index is 2.06. The number of aromatic nitrogens is 1. The molecule has 0 atom stereocenters. The highest BCUT2D eigenvalue weighted by Gasteiger charge is 2.11. The molecule has 1 aromatic carbocycles. The number of phenols is 1. The molecular weight excluding hydrogens is 274 g/mol. The van der Waals surface area contributed by atoms with Gasteiger partial charge < -0.3 is 20.8 Å². The number of carboxylic acid groups (broad SMARTS) is 1. The summed E-state index contributed by atoms with van der Waals surface area (Å²) >= 11 is 0. The zero-order valence-electron chi connectivity index (χ0n) is 11.1. The van der Waals surface area contributed by atoms with Crippen molar-refractivity contribution >= 4 is 23.4 Å². The van der Waals surface area contributed by atoms with Crippen molar-refractivity contribution in [2.75, 3.05) is 10.6 Å². The molecule has 0 fully saturated rings. The lowest BCUT2D eigenvalue weighted by Crippen LogP contribution is -2.19. The number of amides is 2. The molecule has 7 nitrogen and oxygen atoms in total. The minimum Gasteiger partial charge on any atom is -0.507 e. The summed E-state index contributed by atoms with van der Waals surface area (Å²) in [5.41, 5.74) is 1.47. The number of aromatic carboxylic acids is 1. The van der Waals surface area contributed by atoms with Crippen LogP contribution < -0.4 is 10.6 Å². The second-order valence-electron chi connectivity index (χ2n) is 4.37. The van der Waals surface area contributed by atoms with Gasteiger partial charge in [0, 0.05) is 18.0 Å². The van der Waals surface area contributed by atoms with Crippen LogP contribution in [0.3, 0.4) is 0 Å². The highest BCUT2D eigenvalue weighted by atomic mass is 16.4. The van der Waals surface area contributed by atoms with Gasteiger partial charge in [-0.1, -0.05) is 0 Å². The zero-order chi connectivity index (χ0) is 15.4. The summed E-state index contributed by atoms with van der Waals surface area (Å²) in [6.45, 7) is 1.85. The van der Waals surface area contributed by atoms with Gasteiger partial charge in [0.25, 0.3) is 0 Å². The zero-order valence-corrected chi connectivity index (χ0v) is 11.1. The SMILES string of the molecule is Cc1cncc(NC(=O)Nc2ccc(C(=O)O)c(O)c2)c1. The molecule has 0 saturated carbocycles. The van der Waals surface area contributed by atoms with E-state index in [-0.39, 0.29) is 11.3 Å². The van der Waals surface area contributed by atoms with E-state index in [1.807, 2.05) is 6.92 Å². The highest BCUT2D eigenvalue weighted by Crippen LogP contribution is 2.22. The predicted octanol–water partition coefficient (Wildman–Crippen LogP) is 2.44. The Kier molecular flexibility index (Phi) is 4.03. The second kappa shape index (κ2) is 5.91. The minimum atomic E-state index is -1.24. The Labute approximate surface area is 120 Å². The fraction of sp³-hybridized carbons (Fsp3) is 0.0714. The Morgan fingerprint density at radius 1 is 1.10 bits per heavy atom. The van der Waals surface area contributed by atoms with Gasteiger partial charge in [-0.05, 0) is 30.7 Å². The molecule has 0 unspecified atom stereocenters. The summed E-state index contributed by atoms with van der Waals surface area (Å²) in [6, 6.07) is 4.98. The number of carbonyl (C=O) groups excluding carboxylic acids is 1. The molecule has 1 heterocycles. The van der Waals surface area contributed by atoms with E-state index < -0.39 is 17.7 Å². The number of aryl methyl sites for hydroxylation is 1. The lowest BCUT2D eigenvalue weighted by atomic mass is 10.2. The summed E-state index contributed by atoms with van der Waals surface area (Å²) in [7, 11) is 0. The molecule has 0 saturated heterocycles. The number of carboxylic acids is 1. The molecule has 0 aliphatic carbocycles. The van der Waals surface area contributed by atoms with E-state index in [1.54, 1.807) is 12.3 Å². The van der Waals surface area contributed by atoms with Crippen molar-refractivity contribution in [1.82, 2.24) is 4.98 Å². The minimum absolute atomic E-state index is 0.233. The first-order valence-corrected chi connectivity index (χ1v) is 6.01. The van der Waals surface area contributed by atoms with Crippen LogP contribution >= 0.6 is 0 Å². The molecular formula is C14H13N3O4. The fourth-order valence-corrected chi connectivity index (χ4v) is 1.71. The van der Waals surface area contributed by atoms with Crippen LogP contribution in [0.15, 0.2) is 36.7 Å². The third-order valence-corrected chi connectivity index (χ3v) is 2.62. The summed E-state index contributed by atoms with van der Waals surface area (Å²) in [6.07, 6.45) is 3.16. The topological polar surface area (TPSA) is 112 Å². The molecule has 7 heteroatoms. The lowest BCUT2D eigenvalue weighted by molar-refractivity contribution is 0.0694. The quantitative estimate of drug-likeness (QED) is 0.692. The second-order valence-corrected chi connectivity index (χ2v) is 4.37. The van der Waals surface area contributed by atoms with Gasteiger partial charge in [-0.3, -0.25) is 4.98 Å². The maximum Gasteiger partial charge on any atom is 0.339 e. The largest absolute Gasteiger partial charge is 0.507 e. The summed E-state index contributed by atoms with van der Waals surface area (Å²) in [5, 5.41) is 23.4. The molecule has 0 spiro atoms. The van der Waals surface area contributed by atoms with Crippen LogP contribution in [0, 0.1) is 6.92 Å². The number of carbonyl (C=O) groups is 2. The number of pyridine rings is 1. The predicted molar refractivity (Wildman–Crippen MR) is 76.7 cm³/mol. The van der Waals surface area contributed by atoms with E-state index in [4.69, 9.17) is 5.11 Å². The number of nitrogens with one attached hydrogen (secondary N) is 2. The number of anilines is 2. The monoisotopic (exact) mass is 287 g/mol. The Bertz CT molecular complexity index is 700. The first-order valence-electron chi connectivity index (χ1n) is 6.01. The number of hydrogen-bond donors (Lipinski definition) is 4. The third-order valence-electron chi connectivity index (χ3n) is 2.62. The Morgan fingerprint density at radius 2 is 1.81 bits per heavy atom. The van der Waals surface area contributed by atoms with E-state index in [2.05, 4.69) is 15.6 Å². The number of aromatic hydroxyl groups is 1. The third kappa shape index (κ3) is 3.69. The van der Waals surface area contributed by atoms with E-state index >= 15 is 0 Å². The first-order chi connectivity index (χ1) is 9.95. The van der Waals surface area contributed by atoms with Gasteiger partial charge in [0.1, 0.15) is 11.3 Å².